The number of methoxy groups -OCH3 is 1. The molecular weight excluding hydrogens is 630 g/mol. The number of benzene rings is 1. The van der Waals surface area contributed by atoms with E-state index in [0.717, 1.165) is 43.7 Å². The number of nitro groups is 1. The molecule has 4 atom stereocenters. The van der Waals surface area contributed by atoms with Gasteiger partial charge in [-0.2, -0.15) is 0 Å². The Labute approximate surface area is 261 Å². The number of nitrogens with zero attached hydrogens (tertiary/aromatic N) is 3. The van der Waals surface area contributed by atoms with E-state index in [0.29, 0.717) is 0 Å². The lowest BCUT2D eigenvalue weighted by atomic mass is 9.94. The van der Waals surface area contributed by atoms with E-state index in [9.17, 15) is 38.9 Å². The molecule has 4 unspecified atom stereocenters. The summed E-state index contributed by atoms with van der Waals surface area (Å²) >= 11 is 5.37. The molecule has 1 aromatic carbocycles. The van der Waals surface area contributed by atoms with Crippen LogP contribution in [0.4, 0.5) is 15.3 Å². The molecule has 18 nitrogen and oxygen atoms in total. The molecule has 1 aliphatic heterocycles. The summed E-state index contributed by atoms with van der Waals surface area (Å²) in [5.74, 6) is -7.52. The molecule has 0 aliphatic carbocycles. The monoisotopic (exact) mass is 661 g/mol. The summed E-state index contributed by atoms with van der Waals surface area (Å²) in [4.78, 5) is 86.6. The molecule has 1 saturated heterocycles. The zero-order valence-electron chi connectivity index (χ0n) is 25.1. The van der Waals surface area contributed by atoms with Gasteiger partial charge in [-0.25, -0.2) is 9.59 Å². The van der Waals surface area contributed by atoms with Gasteiger partial charge in [0, 0.05) is 48.0 Å². The van der Waals surface area contributed by atoms with Gasteiger partial charge in [0.1, 0.15) is 6.61 Å². The SMILES string of the molecule is COC(=O)C1OCC(OC(C)=O)C(OC(C)=O)(Oc2cccc(COC(=O)N(C)CCN(C)C(=O)Cl)c2[N+](=O)[O-])C1OC(C)=O. The zero-order valence-corrected chi connectivity index (χ0v) is 25.9. The predicted molar refractivity (Wildman–Crippen MR) is 148 cm³/mol. The van der Waals surface area contributed by atoms with Gasteiger partial charge >= 0.3 is 46.8 Å². The predicted octanol–water partition coefficient (Wildman–Crippen LogP) is 1.53. The highest BCUT2D eigenvalue weighted by atomic mass is 35.5. The molecule has 0 N–H and O–H groups in total. The van der Waals surface area contributed by atoms with Crippen molar-refractivity contribution in [2.45, 2.75) is 51.5 Å². The van der Waals surface area contributed by atoms with Gasteiger partial charge in [0.15, 0.2) is 6.10 Å². The molecule has 248 valence electrons. The maximum Gasteiger partial charge on any atom is 0.409 e. The molecule has 0 aromatic heterocycles. The lowest BCUT2D eigenvalue weighted by molar-refractivity contribution is -0.389. The first kappa shape index (κ1) is 36.5. The summed E-state index contributed by atoms with van der Waals surface area (Å²) in [7, 11) is 3.76. The second kappa shape index (κ2) is 15.8. The third kappa shape index (κ3) is 9.39. The minimum Gasteiger partial charge on any atom is -0.467 e. The number of rotatable bonds is 12. The van der Waals surface area contributed by atoms with Crippen molar-refractivity contribution < 1.29 is 66.8 Å². The molecule has 1 aliphatic rings. The number of nitro benzene ring substituents is 1. The molecule has 1 aromatic rings. The quantitative estimate of drug-likeness (QED) is 0.0590. The van der Waals surface area contributed by atoms with Gasteiger partial charge in [0.2, 0.25) is 18.0 Å². The lowest BCUT2D eigenvalue weighted by Crippen LogP contribution is -2.71. The van der Waals surface area contributed by atoms with Crippen molar-refractivity contribution in [1.29, 1.82) is 0 Å². The molecule has 19 heteroatoms. The third-order valence-corrected chi connectivity index (χ3v) is 6.44. The van der Waals surface area contributed by atoms with Gasteiger partial charge in [-0.15, -0.1) is 0 Å². The molecule has 0 bridgehead atoms. The molecule has 0 radical (unpaired) electrons. The number of carbonyl (C=O) groups excluding carboxylic acids is 6. The van der Waals surface area contributed by atoms with Crippen molar-refractivity contribution in [3.05, 3.63) is 33.9 Å². The zero-order chi connectivity index (χ0) is 34.1. The van der Waals surface area contributed by atoms with Crippen LogP contribution >= 0.6 is 11.6 Å². The van der Waals surface area contributed by atoms with Gasteiger partial charge in [-0.05, 0) is 23.7 Å². The maximum absolute atomic E-state index is 12.6. The Hall–Kier alpha value is -4.71. The standard InChI is InChI=1S/C26H32ClN3O15/c1-14(31)42-19-13-40-21(23(34)39-6)22(43-15(2)32)26(19,44-16(3)33)45-18-9-7-8-17(20(18)30(37)38)12-41-25(36)29(5)11-10-28(4)24(27)35/h7-9,19,21-22H,10-13H2,1-6H3. The molecule has 2 rings (SSSR count). The number of esters is 4. The highest BCUT2D eigenvalue weighted by Crippen LogP contribution is 2.41. The summed E-state index contributed by atoms with van der Waals surface area (Å²) in [5, 5.41) is 11.6. The Balaban J connectivity index is 2.59. The van der Waals surface area contributed by atoms with Crippen molar-refractivity contribution in [2.24, 2.45) is 0 Å². The summed E-state index contributed by atoms with van der Waals surface area (Å²) in [6, 6.07) is 3.60. The Kier molecular flexibility index (Phi) is 12.8. The van der Waals surface area contributed by atoms with Gasteiger partial charge in [-0.1, -0.05) is 6.07 Å². The van der Waals surface area contributed by atoms with Crippen LogP contribution < -0.4 is 4.74 Å². The minimum atomic E-state index is -2.73. The second-order valence-electron chi connectivity index (χ2n) is 9.49. The van der Waals surface area contributed by atoms with Gasteiger partial charge in [0.05, 0.1) is 24.2 Å². The fourth-order valence-corrected chi connectivity index (χ4v) is 4.19. The fourth-order valence-electron chi connectivity index (χ4n) is 4.10. The molecule has 1 heterocycles. The van der Waals surface area contributed by atoms with Crippen LogP contribution in [0.2, 0.25) is 0 Å². The second-order valence-corrected chi connectivity index (χ2v) is 9.82. The Morgan fingerprint density at radius 1 is 1.02 bits per heavy atom. The molecule has 2 amide bonds. The molecule has 0 saturated carbocycles. The van der Waals surface area contributed by atoms with Gasteiger partial charge < -0.3 is 43.0 Å². The molecule has 1 fully saturated rings. The average molecular weight is 662 g/mol. The third-order valence-electron chi connectivity index (χ3n) is 6.15. The van der Waals surface area contributed by atoms with E-state index in [1.54, 1.807) is 0 Å². The maximum atomic E-state index is 12.6. The van der Waals surface area contributed by atoms with E-state index in [4.69, 9.17) is 44.8 Å². The van der Waals surface area contributed by atoms with Crippen LogP contribution in [-0.2, 0) is 54.2 Å². The number of amides is 2. The van der Waals surface area contributed by atoms with Crippen LogP contribution in [0.15, 0.2) is 18.2 Å². The van der Waals surface area contributed by atoms with E-state index in [-0.39, 0.29) is 18.7 Å². The molecular formula is C26H32ClN3O15. The number of carbonyl (C=O) groups is 6. The highest BCUT2D eigenvalue weighted by molar-refractivity contribution is 6.62. The number of ether oxygens (including phenoxy) is 7. The van der Waals surface area contributed by atoms with E-state index in [1.165, 1.54) is 26.2 Å². The molecule has 45 heavy (non-hydrogen) atoms. The summed E-state index contributed by atoms with van der Waals surface area (Å²) in [5.41, 5.74) is -0.980. The summed E-state index contributed by atoms with van der Waals surface area (Å²) in [6.45, 7) is 1.61. The van der Waals surface area contributed by atoms with Crippen LogP contribution in [0.1, 0.15) is 26.3 Å². The van der Waals surface area contributed by atoms with Crippen molar-refractivity contribution in [3.63, 3.8) is 0 Å². The average Bonchev–Trinajstić information content (AvgIpc) is 2.95. The molecule has 0 spiro atoms. The van der Waals surface area contributed by atoms with Gasteiger partial charge in [-0.3, -0.25) is 29.3 Å². The van der Waals surface area contributed by atoms with Crippen LogP contribution in [0, 0.1) is 10.1 Å². The first-order valence-electron chi connectivity index (χ1n) is 13.0. The van der Waals surface area contributed by atoms with Crippen molar-refractivity contribution in [3.8, 4) is 5.75 Å². The van der Waals surface area contributed by atoms with Crippen LogP contribution in [0.5, 0.6) is 5.75 Å². The summed E-state index contributed by atoms with van der Waals surface area (Å²) < 4.78 is 37.3. The van der Waals surface area contributed by atoms with Crippen molar-refractivity contribution >= 4 is 52.6 Å². The van der Waals surface area contributed by atoms with Crippen LogP contribution in [0.3, 0.4) is 0 Å². The number of hydrogen-bond donors (Lipinski definition) is 0. The topological polar surface area (TPSA) is 217 Å². The minimum absolute atomic E-state index is 0.0163. The first-order valence-corrected chi connectivity index (χ1v) is 13.4. The van der Waals surface area contributed by atoms with Crippen LogP contribution in [-0.4, -0.2) is 115 Å². The van der Waals surface area contributed by atoms with E-state index < -0.39 is 89.0 Å². The Bertz CT molecular complexity index is 1320. The van der Waals surface area contributed by atoms with Crippen molar-refractivity contribution in [2.75, 3.05) is 40.9 Å². The van der Waals surface area contributed by atoms with Gasteiger partial charge in [0.25, 0.3) is 0 Å². The normalized spacial score (nSPS) is 20.6. The Morgan fingerprint density at radius 3 is 2.18 bits per heavy atom. The van der Waals surface area contributed by atoms with E-state index >= 15 is 0 Å². The number of halogens is 1. The summed E-state index contributed by atoms with van der Waals surface area (Å²) in [6.07, 6.45) is -6.47. The number of likely N-dealkylation sites (N-methyl/N-ethyl adjacent to an activating group) is 2. The number of para-hydroxylation sites is 1. The van der Waals surface area contributed by atoms with Crippen LogP contribution in [0.25, 0.3) is 0 Å². The van der Waals surface area contributed by atoms with E-state index in [2.05, 4.69) is 0 Å². The largest absolute Gasteiger partial charge is 0.467 e. The van der Waals surface area contributed by atoms with E-state index in [1.807, 2.05) is 0 Å². The number of hydrogen-bond acceptors (Lipinski definition) is 15. The fraction of sp³-hybridized carbons (Fsp3) is 0.538. The smallest absolute Gasteiger partial charge is 0.409 e. The Morgan fingerprint density at radius 2 is 1.64 bits per heavy atom. The first-order chi connectivity index (χ1) is 21.0. The van der Waals surface area contributed by atoms with Crippen molar-refractivity contribution in [1.82, 2.24) is 9.80 Å². The highest BCUT2D eigenvalue weighted by Gasteiger charge is 2.65. The lowest BCUT2D eigenvalue weighted by Gasteiger charge is -2.47.